The van der Waals surface area contributed by atoms with Crippen molar-refractivity contribution in [2.24, 2.45) is 0 Å². The van der Waals surface area contributed by atoms with Gasteiger partial charge in [-0.2, -0.15) is 0 Å². The summed E-state index contributed by atoms with van der Waals surface area (Å²) in [6.45, 7) is 2.88. The second-order valence-corrected chi connectivity index (χ2v) is 4.56. The van der Waals surface area contributed by atoms with Gasteiger partial charge < -0.3 is 15.6 Å². The minimum atomic E-state index is -0.0671. The Kier molecular flexibility index (Phi) is 4.14. The van der Waals surface area contributed by atoms with Crippen LogP contribution in [0.5, 0.6) is 0 Å². The van der Waals surface area contributed by atoms with Crippen LogP contribution in [0.25, 0.3) is 0 Å². The Morgan fingerprint density at radius 3 is 3.18 bits per heavy atom. The van der Waals surface area contributed by atoms with Crippen LogP contribution in [0.1, 0.15) is 44.5 Å². The van der Waals surface area contributed by atoms with Gasteiger partial charge in [-0.25, -0.2) is 4.98 Å². The van der Waals surface area contributed by atoms with E-state index < -0.39 is 0 Å². The monoisotopic (exact) mass is 236 g/mol. The molecule has 2 atom stereocenters. The molecule has 0 bridgehead atoms. The lowest BCUT2D eigenvalue weighted by Gasteiger charge is -2.18. The molecule has 2 unspecified atom stereocenters. The fourth-order valence-electron chi connectivity index (χ4n) is 2.15. The zero-order valence-corrected chi connectivity index (χ0v) is 10.2. The van der Waals surface area contributed by atoms with E-state index in [2.05, 4.69) is 20.6 Å². The fraction of sp³-hybridized carbons (Fsp3) is 0.667. The number of carbonyl (C=O) groups excluding carboxylic acids is 1. The van der Waals surface area contributed by atoms with Crippen molar-refractivity contribution in [1.82, 2.24) is 20.6 Å². The van der Waals surface area contributed by atoms with Gasteiger partial charge in [0.25, 0.3) is 0 Å². The van der Waals surface area contributed by atoms with Crippen molar-refractivity contribution < 1.29 is 4.79 Å². The van der Waals surface area contributed by atoms with Crippen molar-refractivity contribution in [3.05, 3.63) is 18.2 Å². The van der Waals surface area contributed by atoms with Gasteiger partial charge in [0.15, 0.2) is 0 Å². The van der Waals surface area contributed by atoms with Gasteiger partial charge in [-0.3, -0.25) is 4.79 Å². The molecule has 1 saturated heterocycles. The SMILES string of the molecule is CC(NC(=O)C1CCCCCN1)c1ncc[nH]1. The van der Waals surface area contributed by atoms with Gasteiger partial charge in [-0.1, -0.05) is 12.8 Å². The van der Waals surface area contributed by atoms with Gasteiger partial charge in [-0.05, 0) is 26.3 Å². The maximum absolute atomic E-state index is 12.0. The summed E-state index contributed by atoms with van der Waals surface area (Å²) in [5, 5.41) is 6.27. The number of nitrogens with one attached hydrogen (secondary N) is 3. The molecular weight excluding hydrogens is 216 g/mol. The number of rotatable bonds is 3. The lowest BCUT2D eigenvalue weighted by atomic mass is 10.1. The van der Waals surface area contributed by atoms with Crippen LogP contribution >= 0.6 is 0 Å². The maximum atomic E-state index is 12.0. The van der Waals surface area contributed by atoms with Crippen LogP contribution in [-0.2, 0) is 4.79 Å². The van der Waals surface area contributed by atoms with E-state index in [0.717, 1.165) is 31.6 Å². The minimum absolute atomic E-state index is 0.0464. The van der Waals surface area contributed by atoms with Crippen LogP contribution in [-0.4, -0.2) is 28.5 Å². The Morgan fingerprint density at radius 1 is 1.53 bits per heavy atom. The van der Waals surface area contributed by atoms with E-state index in [1.165, 1.54) is 6.42 Å². The quantitative estimate of drug-likeness (QED) is 0.736. The predicted octanol–water partition coefficient (Wildman–Crippen LogP) is 1.12. The van der Waals surface area contributed by atoms with Gasteiger partial charge in [0, 0.05) is 12.4 Å². The van der Waals surface area contributed by atoms with Gasteiger partial charge in [0.2, 0.25) is 5.91 Å². The van der Waals surface area contributed by atoms with E-state index >= 15 is 0 Å². The Morgan fingerprint density at radius 2 is 2.41 bits per heavy atom. The number of H-pyrrole nitrogens is 1. The number of aromatic nitrogens is 2. The number of nitrogens with zero attached hydrogens (tertiary/aromatic N) is 1. The first-order valence-corrected chi connectivity index (χ1v) is 6.30. The molecule has 5 nitrogen and oxygen atoms in total. The summed E-state index contributed by atoms with van der Waals surface area (Å²) in [7, 11) is 0. The second-order valence-electron chi connectivity index (χ2n) is 4.56. The third kappa shape index (κ3) is 3.30. The highest BCUT2D eigenvalue weighted by Gasteiger charge is 2.21. The molecule has 5 heteroatoms. The summed E-state index contributed by atoms with van der Waals surface area (Å²) < 4.78 is 0. The van der Waals surface area contributed by atoms with Crippen molar-refractivity contribution in [3.63, 3.8) is 0 Å². The summed E-state index contributed by atoms with van der Waals surface area (Å²) in [5.74, 6) is 0.878. The lowest BCUT2D eigenvalue weighted by molar-refractivity contribution is -0.123. The number of imidazole rings is 1. The van der Waals surface area contributed by atoms with Crippen LogP contribution < -0.4 is 10.6 Å². The van der Waals surface area contributed by atoms with Gasteiger partial charge in [-0.15, -0.1) is 0 Å². The van der Waals surface area contributed by atoms with Crippen molar-refractivity contribution in [2.75, 3.05) is 6.54 Å². The maximum Gasteiger partial charge on any atom is 0.237 e. The molecular formula is C12H20N4O. The molecule has 0 radical (unpaired) electrons. The molecule has 1 fully saturated rings. The Balaban J connectivity index is 1.87. The summed E-state index contributed by atoms with van der Waals surface area (Å²) in [5.41, 5.74) is 0. The molecule has 1 aromatic rings. The van der Waals surface area contributed by atoms with Gasteiger partial charge in [0.1, 0.15) is 5.82 Å². The van der Waals surface area contributed by atoms with Crippen LogP contribution in [0.2, 0.25) is 0 Å². The van der Waals surface area contributed by atoms with Gasteiger partial charge in [0.05, 0.1) is 12.1 Å². The first-order chi connectivity index (χ1) is 8.27. The summed E-state index contributed by atoms with van der Waals surface area (Å²) >= 11 is 0. The predicted molar refractivity (Wildman–Crippen MR) is 65.4 cm³/mol. The summed E-state index contributed by atoms with van der Waals surface area (Å²) in [6, 6.07) is -0.113. The first kappa shape index (κ1) is 12.1. The highest BCUT2D eigenvalue weighted by Crippen LogP contribution is 2.11. The number of hydrogen-bond acceptors (Lipinski definition) is 3. The molecule has 94 valence electrons. The smallest absolute Gasteiger partial charge is 0.237 e. The Hall–Kier alpha value is -1.36. The van der Waals surface area contributed by atoms with E-state index in [1.807, 2.05) is 6.92 Å². The number of carbonyl (C=O) groups is 1. The molecule has 17 heavy (non-hydrogen) atoms. The van der Waals surface area contributed by atoms with Crippen molar-refractivity contribution >= 4 is 5.91 Å². The molecule has 1 aliphatic heterocycles. The molecule has 1 amide bonds. The first-order valence-electron chi connectivity index (χ1n) is 6.30. The average molecular weight is 236 g/mol. The van der Waals surface area contributed by atoms with Crippen molar-refractivity contribution in [1.29, 1.82) is 0 Å². The lowest BCUT2D eigenvalue weighted by Crippen LogP contribution is -2.44. The van der Waals surface area contributed by atoms with E-state index in [-0.39, 0.29) is 18.0 Å². The molecule has 1 aliphatic rings. The zero-order valence-electron chi connectivity index (χ0n) is 10.2. The van der Waals surface area contributed by atoms with E-state index in [4.69, 9.17) is 0 Å². The van der Waals surface area contributed by atoms with Crippen molar-refractivity contribution in [3.8, 4) is 0 Å². The number of hydrogen-bond donors (Lipinski definition) is 3. The number of aromatic amines is 1. The minimum Gasteiger partial charge on any atom is -0.347 e. The number of amides is 1. The van der Waals surface area contributed by atoms with E-state index in [1.54, 1.807) is 12.4 Å². The largest absolute Gasteiger partial charge is 0.347 e. The molecule has 0 aliphatic carbocycles. The second kappa shape index (κ2) is 5.82. The summed E-state index contributed by atoms with van der Waals surface area (Å²) in [6.07, 6.45) is 7.89. The summed E-state index contributed by atoms with van der Waals surface area (Å²) in [4.78, 5) is 19.2. The third-order valence-corrected chi connectivity index (χ3v) is 3.17. The zero-order chi connectivity index (χ0) is 12.1. The van der Waals surface area contributed by atoms with Crippen LogP contribution in [0, 0.1) is 0 Å². The van der Waals surface area contributed by atoms with E-state index in [9.17, 15) is 4.79 Å². The molecule has 0 saturated carbocycles. The Bertz CT molecular complexity index is 341. The molecule has 1 aromatic heterocycles. The van der Waals surface area contributed by atoms with Crippen molar-refractivity contribution in [2.45, 2.75) is 44.7 Å². The molecule has 2 heterocycles. The average Bonchev–Trinajstić information content (AvgIpc) is 2.71. The fourth-order valence-corrected chi connectivity index (χ4v) is 2.15. The molecule has 0 aromatic carbocycles. The molecule has 2 rings (SSSR count). The molecule has 3 N–H and O–H groups in total. The third-order valence-electron chi connectivity index (χ3n) is 3.17. The standard InChI is InChI=1S/C12H20N4O/c1-9(11-14-7-8-15-11)16-12(17)10-5-3-2-4-6-13-10/h7-10,13H,2-6H2,1H3,(H,14,15)(H,16,17). The van der Waals surface area contributed by atoms with Crippen LogP contribution in [0.3, 0.4) is 0 Å². The highest BCUT2D eigenvalue weighted by molar-refractivity contribution is 5.82. The normalized spacial score (nSPS) is 22.8. The topological polar surface area (TPSA) is 69.8 Å². The van der Waals surface area contributed by atoms with E-state index in [0.29, 0.717) is 0 Å². The van der Waals surface area contributed by atoms with Crippen LogP contribution in [0.15, 0.2) is 12.4 Å². The Labute approximate surface area is 101 Å². The van der Waals surface area contributed by atoms with Crippen LogP contribution in [0.4, 0.5) is 0 Å². The van der Waals surface area contributed by atoms with Gasteiger partial charge >= 0.3 is 0 Å². The highest BCUT2D eigenvalue weighted by atomic mass is 16.2. The molecule has 0 spiro atoms.